The molecule has 0 aliphatic rings. The van der Waals surface area contributed by atoms with Crippen LogP contribution in [-0.2, 0) is 0 Å². The van der Waals surface area contributed by atoms with E-state index >= 15 is 0 Å². The molecule has 0 unspecified atom stereocenters. The molecule has 3 rings (SSSR count). The third kappa shape index (κ3) is 1.85. The maximum Gasteiger partial charge on any atom is 0.260 e. The van der Waals surface area contributed by atoms with Gasteiger partial charge < -0.3 is 15.2 Å². The van der Waals surface area contributed by atoms with Crippen molar-refractivity contribution in [3.63, 3.8) is 0 Å². The van der Waals surface area contributed by atoms with Gasteiger partial charge in [0.25, 0.3) is 5.56 Å². The Hall–Kier alpha value is -2.34. The molecule has 3 N–H and O–H groups in total. The summed E-state index contributed by atoms with van der Waals surface area (Å²) in [6.07, 6.45) is 0. The van der Waals surface area contributed by atoms with Gasteiger partial charge in [-0.3, -0.25) is 4.79 Å². The van der Waals surface area contributed by atoms with E-state index in [9.17, 15) is 15.0 Å². The first kappa shape index (κ1) is 12.7. The molecule has 0 saturated heterocycles. The lowest BCUT2D eigenvalue weighted by atomic mass is 10.1. The quantitative estimate of drug-likeness (QED) is 0.642. The van der Waals surface area contributed by atoms with Crippen molar-refractivity contribution in [1.82, 2.24) is 9.97 Å². The van der Waals surface area contributed by atoms with Crippen LogP contribution in [0.1, 0.15) is 10.4 Å². The Morgan fingerprint density at radius 3 is 2.70 bits per heavy atom. The van der Waals surface area contributed by atoms with E-state index in [-0.39, 0.29) is 17.1 Å². The Labute approximate surface area is 118 Å². The number of rotatable bonds is 1. The lowest BCUT2D eigenvalue weighted by Gasteiger charge is -2.04. The SMILES string of the molecule is Cc1sc2nc(-c3ccc(O)cc3O)[nH]c(=O)c2c1C. The molecule has 0 amide bonds. The molecule has 6 heteroatoms. The van der Waals surface area contributed by atoms with Crippen molar-refractivity contribution in [3.8, 4) is 22.9 Å². The fourth-order valence-electron chi connectivity index (χ4n) is 2.10. The molecule has 0 aliphatic heterocycles. The van der Waals surface area contributed by atoms with Crippen molar-refractivity contribution in [3.05, 3.63) is 39.0 Å². The van der Waals surface area contributed by atoms with Crippen LogP contribution in [0.2, 0.25) is 0 Å². The second-order valence-electron chi connectivity index (χ2n) is 4.58. The highest BCUT2D eigenvalue weighted by Crippen LogP contribution is 2.32. The van der Waals surface area contributed by atoms with E-state index in [1.54, 1.807) is 0 Å². The Balaban J connectivity index is 2.30. The zero-order chi connectivity index (χ0) is 14.4. The highest BCUT2D eigenvalue weighted by Gasteiger charge is 2.14. The topological polar surface area (TPSA) is 86.2 Å². The lowest BCUT2D eigenvalue weighted by molar-refractivity contribution is 0.451. The van der Waals surface area contributed by atoms with Gasteiger partial charge in [0.05, 0.1) is 10.9 Å². The number of nitrogens with one attached hydrogen (secondary N) is 1. The molecule has 20 heavy (non-hydrogen) atoms. The van der Waals surface area contributed by atoms with Gasteiger partial charge in [-0.15, -0.1) is 11.3 Å². The maximum absolute atomic E-state index is 12.2. The van der Waals surface area contributed by atoms with Crippen LogP contribution in [0, 0.1) is 13.8 Å². The first-order chi connectivity index (χ1) is 9.47. The number of hydrogen-bond acceptors (Lipinski definition) is 5. The van der Waals surface area contributed by atoms with Gasteiger partial charge in [0.2, 0.25) is 0 Å². The van der Waals surface area contributed by atoms with Crippen molar-refractivity contribution in [1.29, 1.82) is 0 Å². The standard InChI is InChI=1S/C14H12N2O3S/c1-6-7(2)20-14-11(6)13(19)15-12(16-14)9-4-3-8(17)5-10(9)18/h3-5,17-18H,1-2H3,(H,15,16,19). The molecular weight excluding hydrogens is 276 g/mol. The minimum Gasteiger partial charge on any atom is -0.508 e. The van der Waals surface area contributed by atoms with Gasteiger partial charge in [0.15, 0.2) is 0 Å². The summed E-state index contributed by atoms with van der Waals surface area (Å²) in [6.45, 7) is 3.83. The minimum atomic E-state index is -0.223. The predicted molar refractivity (Wildman–Crippen MR) is 78.5 cm³/mol. The average Bonchev–Trinajstić information content (AvgIpc) is 2.65. The first-order valence-electron chi connectivity index (χ1n) is 5.99. The van der Waals surface area contributed by atoms with Gasteiger partial charge >= 0.3 is 0 Å². The second-order valence-corrected chi connectivity index (χ2v) is 5.78. The van der Waals surface area contributed by atoms with E-state index in [0.717, 1.165) is 10.4 Å². The fraction of sp³-hybridized carbons (Fsp3) is 0.143. The smallest absolute Gasteiger partial charge is 0.260 e. The summed E-state index contributed by atoms with van der Waals surface area (Å²) in [6, 6.07) is 4.16. The Morgan fingerprint density at radius 2 is 2.00 bits per heavy atom. The van der Waals surface area contributed by atoms with Crippen LogP contribution >= 0.6 is 11.3 Å². The second kappa shape index (κ2) is 4.35. The lowest BCUT2D eigenvalue weighted by Crippen LogP contribution is -2.09. The molecule has 102 valence electrons. The highest BCUT2D eigenvalue weighted by molar-refractivity contribution is 7.18. The number of thiophene rings is 1. The zero-order valence-electron chi connectivity index (χ0n) is 10.9. The van der Waals surface area contributed by atoms with Gasteiger partial charge in [0.1, 0.15) is 22.2 Å². The predicted octanol–water partition coefficient (Wildman–Crippen LogP) is 2.68. The number of fused-ring (bicyclic) bond motifs is 1. The number of benzene rings is 1. The van der Waals surface area contributed by atoms with Crippen LogP contribution in [0.15, 0.2) is 23.0 Å². The molecule has 2 heterocycles. The van der Waals surface area contributed by atoms with Gasteiger partial charge in [-0.05, 0) is 31.5 Å². The van der Waals surface area contributed by atoms with E-state index in [2.05, 4.69) is 9.97 Å². The molecule has 0 atom stereocenters. The number of hydrogen-bond donors (Lipinski definition) is 3. The Kier molecular flexibility index (Phi) is 2.76. The summed E-state index contributed by atoms with van der Waals surface area (Å²) in [4.78, 5) is 20.9. The summed E-state index contributed by atoms with van der Waals surface area (Å²) >= 11 is 1.45. The normalized spacial score (nSPS) is 11.1. The van der Waals surface area contributed by atoms with Crippen LogP contribution in [0.3, 0.4) is 0 Å². The number of nitrogens with zero attached hydrogens (tertiary/aromatic N) is 1. The first-order valence-corrected chi connectivity index (χ1v) is 6.81. The number of aryl methyl sites for hydroxylation is 2. The molecule has 0 fully saturated rings. The maximum atomic E-state index is 12.2. The summed E-state index contributed by atoms with van der Waals surface area (Å²) in [5.41, 5.74) is 1.09. The number of H-pyrrole nitrogens is 1. The fourth-order valence-corrected chi connectivity index (χ4v) is 3.13. The van der Waals surface area contributed by atoms with E-state index < -0.39 is 0 Å². The van der Waals surface area contributed by atoms with Crippen LogP contribution in [-0.4, -0.2) is 20.2 Å². The Bertz CT molecular complexity index is 880. The monoisotopic (exact) mass is 288 g/mol. The molecule has 0 aliphatic carbocycles. The van der Waals surface area contributed by atoms with Crippen LogP contribution in [0.4, 0.5) is 0 Å². The van der Waals surface area contributed by atoms with E-state index in [1.165, 1.54) is 29.5 Å². The number of phenols is 2. The van der Waals surface area contributed by atoms with Gasteiger partial charge in [0, 0.05) is 10.9 Å². The average molecular weight is 288 g/mol. The van der Waals surface area contributed by atoms with Gasteiger partial charge in [-0.1, -0.05) is 0 Å². The third-order valence-corrected chi connectivity index (χ3v) is 4.38. The molecular formula is C14H12N2O3S. The molecule has 5 nitrogen and oxygen atoms in total. The van der Waals surface area contributed by atoms with E-state index in [0.29, 0.717) is 21.6 Å². The number of aromatic nitrogens is 2. The van der Waals surface area contributed by atoms with Crippen molar-refractivity contribution >= 4 is 21.6 Å². The minimum absolute atomic E-state index is 0.0440. The molecule has 1 aromatic carbocycles. The molecule has 0 spiro atoms. The number of phenolic OH excluding ortho intramolecular Hbond substituents is 2. The van der Waals surface area contributed by atoms with Crippen LogP contribution < -0.4 is 5.56 Å². The van der Waals surface area contributed by atoms with Crippen LogP contribution in [0.25, 0.3) is 21.6 Å². The van der Waals surface area contributed by atoms with E-state index in [1.807, 2.05) is 13.8 Å². The highest BCUT2D eigenvalue weighted by atomic mass is 32.1. The van der Waals surface area contributed by atoms with Gasteiger partial charge in [-0.2, -0.15) is 0 Å². The van der Waals surface area contributed by atoms with Crippen molar-refractivity contribution in [2.75, 3.05) is 0 Å². The van der Waals surface area contributed by atoms with Gasteiger partial charge in [-0.25, -0.2) is 4.98 Å². The van der Waals surface area contributed by atoms with Crippen LogP contribution in [0.5, 0.6) is 11.5 Å². The number of aromatic hydroxyl groups is 2. The van der Waals surface area contributed by atoms with E-state index in [4.69, 9.17) is 0 Å². The van der Waals surface area contributed by atoms with Crippen molar-refractivity contribution < 1.29 is 10.2 Å². The summed E-state index contributed by atoms with van der Waals surface area (Å²) in [5, 5.41) is 19.7. The molecule has 2 aromatic heterocycles. The number of aromatic amines is 1. The summed E-state index contributed by atoms with van der Waals surface area (Å²) in [5.74, 6) is 0.122. The molecule has 3 aromatic rings. The van der Waals surface area contributed by atoms with Crippen molar-refractivity contribution in [2.24, 2.45) is 0 Å². The largest absolute Gasteiger partial charge is 0.508 e. The molecule has 0 saturated carbocycles. The third-order valence-electron chi connectivity index (χ3n) is 3.28. The molecule has 0 radical (unpaired) electrons. The van der Waals surface area contributed by atoms with Crippen molar-refractivity contribution in [2.45, 2.75) is 13.8 Å². The Morgan fingerprint density at radius 1 is 1.25 bits per heavy atom. The summed E-state index contributed by atoms with van der Waals surface area (Å²) in [7, 11) is 0. The zero-order valence-corrected chi connectivity index (χ0v) is 11.7. The summed E-state index contributed by atoms with van der Waals surface area (Å²) < 4.78 is 0. The molecule has 0 bridgehead atoms.